The molecule has 1 fully saturated rings. The molecule has 0 amide bonds. The van der Waals surface area contributed by atoms with E-state index in [9.17, 15) is 0 Å². The van der Waals surface area contributed by atoms with E-state index in [-0.39, 0.29) is 0 Å². The normalized spacial score (nSPS) is 20.2. The lowest BCUT2D eigenvalue weighted by Gasteiger charge is -2.11. The predicted molar refractivity (Wildman–Crippen MR) is 73.6 cm³/mol. The Labute approximate surface area is 111 Å². The molecule has 1 heterocycles. The lowest BCUT2D eigenvalue weighted by atomic mass is 10.1. The number of hydrogen-bond donors (Lipinski definition) is 1. The third kappa shape index (κ3) is 3.30. The maximum atomic E-state index is 6.11. The second-order valence-corrected chi connectivity index (χ2v) is 6.01. The van der Waals surface area contributed by atoms with Gasteiger partial charge in [0.2, 0.25) is 0 Å². The molecule has 0 aromatic heterocycles. The second kappa shape index (κ2) is 6.15. The molecular weight excluding hydrogens is 261 g/mol. The minimum atomic E-state index is 0.636. The summed E-state index contributed by atoms with van der Waals surface area (Å²) < 4.78 is 0. The van der Waals surface area contributed by atoms with E-state index in [0.717, 1.165) is 24.6 Å². The molecule has 1 N–H and O–H groups in total. The average Bonchev–Trinajstić information content (AvgIpc) is 2.77. The monoisotopic (exact) mass is 275 g/mol. The van der Waals surface area contributed by atoms with Crippen LogP contribution in [0.2, 0.25) is 10.0 Å². The first-order valence-electron chi connectivity index (χ1n) is 5.48. The Kier molecular flexibility index (Phi) is 4.83. The first-order valence-corrected chi connectivity index (χ1v) is 7.40. The van der Waals surface area contributed by atoms with E-state index in [1.807, 2.05) is 30.0 Å². The molecule has 4 heteroatoms. The lowest BCUT2D eigenvalue weighted by molar-refractivity contribution is 0.523. The fourth-order valence-electron chi connectivity index (χ4n) is 1.84. The maximum absolute atomic E-state index is 6.11. The van der Waals surface area contributed by atoms with Crippen LogP contribution in [0.15, 0.2) is 18.2 Å². The van der Waals surface area contributed by atoms with E-state index >= 15 is 0 Å². The Morgan fingerprint density at radius 1 is 1.38 bits per heavy atom. The SMILES string of the molecule is Clc1cccc(CNCC2CCSC2)c1Cl. The van der Waals surface area contributed by atoms with Crippen LogP contribution >= 0.6 is 35.0 Å². The molecular formula is C12H15Cl2NS. The molecule has 0 saturated carbocycles. The van der Waals surface area contributed by atoms with Gasteiger partial charge in [-0.3, -0.25) is 0 Å². The molecule has 1 aliphatic heterocycles. The molecule has 2 rings (SSSR count). The van der Waals surface area contributed by atoms with E-state index in [2.05, 4.69) is 5.32 Å². The maximum Gasteiger partial charge on any atom is 0.0637 e. The van der Waals surface area contributed by atoms with Gasteiger partial charge in [0.05, 0.1) is 10.0 Å². The summed E-state index contributed by atoms with van der Waals surface area (Å²) in [5.41, 5.74) is 1.08. The summed E-state index contributed by atoms with van der Waals surface area (Å²) in [5.74, 6) is 3.42. The molecule has 0 radical (unpaired) electrons. The van der Waals surface area contributed by atoms with E-state index in [1.165, 1.54) is 17.9 Å². The first kappa shape index (κ1) is 12.6. The van der Waals surface area contributed by atoms with Crippen LogP contribution in [0.25, 0.3) is 0 Å². The van der Waals surface area contributed by atoms with Gasteiger partial charge in [0.25, 0.3) is 0 Å². The number of halogens is 2. The third-order valence-corrected chi connectivity index (χ3v) is 4.89. The van der Waals surface area contributed by atoms with Crippen molar-refractivity contribution in [3.63, 3.8) is 0 Å². The van der Waals surface area contributed by atoms with Crippen molar-refractivity contribution < 1.29 is 0 Å². The van der Waals surface area contributed by atoms with E-state index in [4.69, 9.17) is 23.2 Å². The van der Waals surface area contributed by atoms with E-state index in [1.54, 1.807) is 0 Å². The van der Waals surface area contributed by atoms with Crippen LogP contribution in [0, 0.1) is 5.92 Å². The lowest BCUT2D eigenvalue weighted by Crippen LogP contribution is -2.22. The van der Waals surface area contributed by atoms with Crippen LogP contribution in [0.5, 0.6) is 0 Å². The topological polar surface area (TPSA) is 12.0 Å². The zero-order chi connectivity index (χ0) is 11.4. The van der Waals surface area contributed by atoms with Gasteiger partial charge in [-0.25, -0.2) is 0 Å². The van der Waals surface area contributed by atoms with Crippen LogP contribution in [-0.2, 0) is 6.54 Å². The summed E-state index contributed by atoms with van der Waals surface area (Å²) >= 11 is 14.1. The van der Waals surface area contributed by atoms with Crippen LogP contribution < -0.4 is 5.32 Å². The van der Waals surface area contributed by atoms with Crippen molar-refractivity contribution in [2.75, 3.05) is 18.1 Å². The summed E-state index contributed by atoms with van der Waals surface area (Å²) in [6, 6.07) is 5.78. The highest BCUT2D eigenvalue weighted by molar-refractivity contribution is 7.99. The molecule has 0 bridgehead atoms. The van der Waals surface area contributed by atoms with Crippen molar-refractivity contribution >= 4 is 35.0 Å². The Morgan fingerprint density at radius 2 is 2.25 bits per heavy atom. The number of nitrogens with one attached hydrogen (secondary N) is 1. The molecule has 1 saturated heterocycles. The number of thioether (sulfide) groups is 1. The summed E-state index contributed by atoms with van der Waals surface area (Å²) in [6.07, 6.45) is 1.33. The van der Waals surface area contributed by atoms with Crippen LogP contribution in [0.4, 0.5) is 0 Å². The predicted octanol–water partition coefficient (Wildman–Crippen LogP) is 3.84. The third-order valence-electron chi connectivity index (χ3n) is 2.80. The zero-order valence-corrected chi connectivity index (χ0v) is 11.3. The molecule has 1 atom stereocenters. The van der Waals surface area contributed by atoms with Gasteiger partial charge >= 0.3 is 0 Å². The summed E-state index contributed by atoms with van der Waals surface area (Å²) in [6.45, 7) is 1.89. The van der Waals surface area contributed by atoms with Crippen LogP contribution in [0.3, 0.4) is 0 Å². The van der Waals surface area contributed by atoms with Crippen molar-refractivity contribution in [2.24, 2.45) is 5.92 Å². The van der Waals surface area contributed by atoms with Gasteiger partial charge in [0.15, 0.2) is 0 Å². The summed E-state index contributed by atoms with van der Waals surface area (Å²) in [7, 11) is 0. The number of hydrogen-bond acceptors (Lipinski definition) is 2. The van der Waals surface area contributed by atoms with Gasteiger partial charge in [-0.05, 0) is 42.0 Å². The smallest absolute Gasteiger partial charge is 0.0637 e. The molecule has 1 aliphatic rings. The van der Waals surface area contributed by atoms with Crippen molar-refractivity contribution in [1.29, 1.82) is 0 Å². The van der Waals surface area contributed by atoms with E-state index < -0.39 is 0 Å². The second-order valence-electron chi connectivity index (χ2n) is 4.07. The van der Waals surface area contributed by atoms with Gasteiger partial charge in [-0.1, -0.05) is 35.3 Å². The summed E-state index contributed by atoms with van der Waals surface area (Å²) in [4.78, 5) is 0. The molecule has 88 valence electrons. The fraction of sp³-hybridized carbons (Fsp3) is 0.500. The van der Waals surface area contributed by atoms with Crippen molar-refractivity contribution in [1.82, 2.24) is 5.32 Å². The van der Waals surface area contributed by atoms with Crippen LogP contribution in [0.1, 0.15) is 12.0 Å². The Bertz CT molecular complexity index is 351. The van der Waals surface area contributed by atoms with E-state index in [0.29, 0.717) is 10.0 Å². The quantitative estimate of drug-likeness (QED) is 0.896. The highest BCUT2D eigenvalue weighted by Crippen LogP contribution is 2.26. The highest BCUT2D eigenvalue weighted by Gasteiger charge is 2.14. The highest BCUT2D eigenvalue weighted by atomic mass is 35.5. The van der Waals surface area contributed by atoms with Crippen molar-refractivity contribution in [2.45, 2.75) is 13.0 Å². The molecule has 0 aliphatic carbocycles. The molecule has 0 spiro atoms. The van der Waals surface area contributed by atoms with Gasteiger partial charge < -0.3 is 5.32 Å². The Balaban J connectivity index is 1.82. The van der Waals surface area contributed by atoms with Gasteiger partial charge in [-0.2, -0.15) is 11.8 Å². The molecule has 1 aromatic carbocycles. The molecule has 1 nitrogen and oxygen atoms in total. The minimum Gasteiger partial charge on any atom is -0.312 e. The van der Waals surface area contributed by atoms with Gasteiger partial charge in [0, 0.05) is 6.54 Å². The fourth-order valence-corrected chi connectivity index (χ4v) is 3.51. The first-order chi connectivity index (χ1) is 7.77. The van der Waals surface area contributed by atoms with Crippen molar-refractivity contribution in [3.05, 3.63) is 33.8 Å². The Morgan fingerprint density at radius 3 is 3.00 bits per heavy atom. The largest absolute Gasteiger partial charge is 0.312 e. The standard InChI is InChI=1S/C12H15Cl2NS/c13-11-3-1-2-10(12(11)14)7-15-6-9-4-5-16-8-9/h1-3,9,15H,4-8H2. The van der Waals surface area contributed by atoms with Gasteiger partial charge in [-0.15, -0.1) is 0 Å². The van der Waals surface area contributed by atoms with Crippen molar-refractivity contribution in [3.8, 4) is 0 Å². The number of rotatable bonds is 4. The minimum absolute atomic E-state index is 0.636. The summed E-state index contributed by atoms with van der Waals surface area (Å²) in [5, 5.41) is 4.77. The molecule has 1 aromatic rings. The number of benzene rings is 1. The zero-order valence-electron chi connectivity index (χ0n) is 9.01. The van der Waals surface area contributed by atoms with Crippen LogP contribution in [-0.4, -0.2) is 18.1 Å². The Hall–Kier alpha value is 0.110. The van der Waals surface area contributed by atoms with Gasteiger partial charge in [0.1, 0.15) is 0 Å². The average molecular weight is 276 g/mol. The molecule has 16 heavy (non-hydrogen) atoms. The molecule has 1 unspecified atom stereocenters.